The van der Waals surface area contributed by atoms with Crippen LogP contribution in [0.4, 0.5) is 13.2 Å². The van der Waals surface area contributed by atoms with E-state index in [4.69, 9.17) is 0 Å². The predicted molar refractivity (Wildman–Crippen MR) is 72.5 cm³/mol. The van der Waals surface area contributed by atoms with Gasteiger partial charge in [-0.15, -0.1) is 0 Å². The van der Waals surface area contributed by atoms with E-state index in [2.05, 4.69) is 5.32 Å². The summed E-state index contributed by atoms with van der Waals surface area (Å²) < 4.78 is 37.9. The maximum absolute atomic E-state index is 12.6. The lowest BCUT2D eigenvalue weighted by Crippen LogP contribution is -2.54. The molecule has 2 rings (SSSR count). The molecule has 0 saturated heterocycles. The molecule has 0 bridgehead atoms. The molecule has 2 N–H and O–H groups in total. The highest BCUT2D eigenvalue weighted by Crippen LogP contribution is 2.40. The number of alkyl halides is 3. The molecule has 2 aliphatic rings. The minimum absolute atomic E-state index is 0.0354. The number of amides is 1. The van der Waals surface area contributed by atoms with Gasteiger partial charge in [-0.05, 0) is 38.5 Å². The van der Waals surface area contributed by atoms with Crippen molar-refractivity contribution < 1.29 is 23.1 Å². The van der Waals surface area contributed by atoms with Crippen molar-refractivity contribution in [2.24, 2.45) is 11.8 Å². The summed E-state index contributed by atoms with van der Waals surface area (Å²) in [6, 6.07) is 0. The van der Waals surface area contributed by atoms with Crippen LogP contribution in [0.1, 0.15) is 57.8 Å². The maximum Gasteiger partial charge on any atom is 0.391 e. The second kappa shape index (κ2) is 6.55. The summed E-state index contributed by atoms with van der Waals surface area (Å²) in [6.45, 7) is -0.0867. The van der Waals surface area contributed by atoms with Crippen LogP contribution in [0.3, 0.4) is 0 Å². The van der Waals surface area contributed by atoms with Gasteiger partial charge in [0.2, 0.25) is 5.91 Å². The van der Waals surface area contributed by atoms with Gasteiger partial charge in [-0.3, -0.25) is 4.79 Å². The minimum Gasteiger partial charge on any atom is -0.394 e. The third-order valence-electron chi connectivity index (χ3n) is 5.06. The molecule has 2 fully saturated rings. The van der Waals surface area contributed by atoms with Crippen LogP contribution in [0, 0.1) is 11.8 Å². The van der Waals surface area contributed by atoms with Gasteiger partial charge in [0, 0.05) is 5.92 Å². The first-order valence-corrected chi connectivity index (χ1v) is 7.86. The molecule has 0 radical (unpaired) electrons. The zero-order valence-electron chi connectivity index (χ0n) is 12.2. The normalized spacial score (nSPS) is 29.9. The second-order valence-electron chi connectivity index (χ2n) is 6.58. The van der Waals surface area contributed by atoms with E-state index in [0.29, 0.717) is 0 Å². The number of nitrogens with one attached hydrogen (secondary N) is 1. The topological polar surface area (TPSA) is 49.3 Å². The van der Waals surface area contributed by atoms with Crippen LogP contribution in [-0.2, 0) is 4.79 Å². The average Bonchev–Trinajstić information content (AvgIpc) is 2.47. The van der Waals surface area contributed by atoms with Crippen molar-refractivity contribution in [3.05, 3.63) is 0 Å². The van der Waals surface area contributed by atoms with Crippen LogP contribution in [0.25, 0.3) is 0 Å². The Bertz CT molecular complexity index is 356. The summed E-state index contributed by atoms with van der Waals surface area (Å²) in [5.41, 5.74) is -0.545. The fraction of sp³-hybridized carbons (Fsp3) is 0.933. The molecule has 0 spiro atoms. The molecule has 0 atom stereocenters. The fourth-order valence-corrected chi connectivity index (χ4v) is 3.60. The van der Waals surface area contributed by atoms with Crippen molar-refractivity contribution in [2.75, 3.05) is 6.61 Å². The van der Waals surface area contributed by atoms with Crippen LogP contribution in [0.5, 0.6) is 0 Å². The van der Waals surface area contributed by atoms with Crippen molar-refractivity contribution in [3.8, 4) is 0 Å². The predicted octanol–water partition coefficient (Wildman–Crippen LogP) is 3.17. The van der Waals surface area contributed by atoms with Crippen LogP contribution in [0.15, 0.2) is 0 Å². The Kier molecular flexibility index (Phi) is 5.17. The number of halogens is 3. The Labute approximate surface area is 123 Å². The van der Waals surface area contributed by atoms with Gasteiger partial charge in [0.25, 0.3) is 0 Å². The molecule has 2 aliphatic carbocycles. The van der Waals surface area contributed by atoms with Crippen molar-refractivity contribution in [1.82, 2.24) is 5.32 Å². The number of aliphatic hydroxyl groups is 1. The second-order valence-corrected chi connectivity index (χ2v) is 6.58. The van der Waals surface area contributed by atoms with E-state index in [1.807, 2.05) is 0 Å². The van der Waals surface area contributed by atoms with E-state index < -0.39 is 17.6 Å². The monoisotopic (exact) mass is 307 g/mol. The van der Waals surface area contributed by atoms with Gasteiger partial charge < -0.3 is 10.4 Å². The van der Waals surface area contributed by atoms with Gasteiger partial charge in [0.1, 0.15) is 0 Å². The number of rotatable bonds is 3. The Morgan fingerprint density at radius 2 is 1.67 bits per heavy atom. The highest BCUT2D eigenvalue weighted by atomic mass is 19.4. The number of hydrogen-bond acceptors (Lipinski definition) is 2. The highest BCUT2D eigenvalue weighted by Gasteiger charge is 2.43. The van der Waals surface area contributed by atoms with E-state index in [1.54, 1.807) is 0 Å². The third kappa shape index (κ3) is 4.11. The molecule has 0 aliphatic heterocycles. The molecule has 6 heteroatoms. The molecule has 0 heterocycles. The third-order valence-corrected chi connectivity index (χ3v) is 5.06. The Morgan fingerprint density at radius 1 is 1.10 bits per heavy atom. The molecular formula is C15H24F3NO2. The van der Waals surface area contributed by atoms with E-state index in [-0.39, 0.29) is 44.1 Å². The average molecular weight is 307 g/mol. The van der Waals surface area contributed by atoms with Crippen molar-refractivity contribution in [1.29, 1.82) is 0 Å². The lowest BCUT2D eigenvalue weighted by molar-refractivity contribution is -0.184. The van der Waals surface area contributed by atoms with Crippen LogP contribution in [-0.4, -0.2) is 29.3 Å². The summed E-state index contributed by atoms with van der Waals surface area (Å²) >= 11 is 0. The molecule has 21 heavy (non-hydrogen) atoms. The molecule has 0 aromatic rings. The van der Waals surface area contributed by atoms with Crippen molar-refractivity contribution >= 4 is 5.91 Å². The van der Waals surface area contributed by atoms with Crippen LogP contribution in [0.2, 0.25) is 0 Å². The van der Waals surface area contributed by atoms with Crippen LogP contribution < -0.4 is 5.32 Å². The van der Waals surface area contributed by atoms with E-state index in [9.17, 15) is 23.1 Å². The van der Waals surface area contributed by atoms with Gasteiger partial charge in [0.15, 0.2) is 0 Å². The number of hydrogen-bond donors (Lipinski definition) is 2. The van der Waals surface area contributed by atoms with Gasteiger partial charge >= 0.3 is 6.18 Å². The number of carbonyl (C=O) groups is 1. The van der Waals surface area contributed by atoms with Crippen molar-refractivity contribution in [2.45, 2.75) is 69.5 Å². The molecule has 0 aromatic carbocycles. The molecule has 122 valence electrons. The molecule has 2 saturated carbocycles. The summed E-state index contributed by atoms with van der Waals surface area (Å²) in [4.78, 5) is 12.3. The van der Waals surface area contributed by atoms with Gasteiger partial charge in [0.05, 0.1) is 18.1 Å². The quantitative estimate of drug-likeness (QED) is 0.841. The molecule has 0 unspecified atom stereocenters. The Morgan fingerprint density at radius 3 is 2.14 bits per heavy atom. The lowest BCUT2D eigenvalue weighted by Gasteiger charge is -2.38. The summed E-state index contributed by atoms with van der Waals surface area (Å²) in [5, 5.41) is 12.5. The van der Waals surface area contributed by atoms with Gasteiger partial charge in [-0.1, -0.05) is 19.3 Å². The van der Waals surface area contributed by atoms with E-state index in [1.165, 1.54) is 0 Å². The smallest absolute Gasteiger partial charge is 0.391 e. The standard InChI is InChI=1S/C15H24F3NO2/c16-15(17,18)12-6-4-11(5-7-12)13(21)19-14(10-20)8-2-1-3-9-14/h11-12,20H,1-10H2,(H,19,21). The summed E-state index contributed by atoms with van der Waals surface area (Å²) in [5.74, 6) is -1.77. The fourth-order valence-electron chi connectivity index (χ4n) is 3.60. The molecule has 0 aromatic heterocycles. The maximum atomic E-state index is 12.6. The van der Waals surface area contributed by atoms with Crippen molar-refractivity contribution in [3.63, 3.8) is 0 Å². The zero-order chi connectivity index (χ0) is 15.5. The summed E-state index contributed by atoms with van der Waals surface area (Å²) in [6.07, 6.45) is 1.07. The van der Waals surface area contributed by atoms with Gasteiger partial charge in [-0.2, -0.15) is 13.2 Å². The Balaban J connectivity index is 1.87. The first-order chi connectivity index (χ1) is 9.86. The number of aliphatic hydroxyl groups excluding tert-OH is 1. The molecule has 1 amide bonds. The van der Waals surface area contributed by atoms with E-state index >= 15 is 0 Å². The Hall–Kier alpha value is -0.780. The van der Waals surface area contributed by atoms with E-state index in [0.717, 1.165) is 32.1 Å². The first-order valence-electron chi connectivity index (χ1n) is 7.86. The first kappa shape index (κ1) is 16.6. The minimum atomic E-state index is -4.14. The van der Waals surface area contributed by atoms with Gasteiger partial charge in [-0.25, -0.2) is 0 Å². The lowest BCUT2D eigenvalue weighted by atomic mass is 9.79. The number of carbonyl (C=O) groups excluding carboxylic acids is 1. The SMILES string of the molecule is O=C(NC1(CO)CCCCC1)C1CCC(C(F)(F)F)CC1. The summed E-state index contributed by atoms with van der Waals surface area (Å²) in [7, 11) is 0. The van der Waals surface area contributed by atoms with Crippen LogP contribution >= 0.6 is 0 Å². The zero-order valence-corrected chi connectivity index (χ0v) is 12.2. The largest absolute Gasteiger partial charge is 0.394 e. The molecular weight excluding hydrogens is 283 g/mol. The highest BCUT2D eigenvalue weighted by molar-refractivity contribution is 5.79. The molecule has 3 nitrogen and oxygen atoms in total.